The maximum atomic E-state index is 12.1. The van der Waals surface area contributed by atoms with Gasteiger partial charge in [0.15, 0.2) is 11.5 Å². The van der Waals surface area contributed by atoms with Gasteiger partial charge < -0.3 is 19.5 Å². The van der Waals surface area contributed by atoms with Gasteiger partial charge in [-0.05, 0) is 31.2 Å². The summed E-state index contributed by atoms with van der Waals surface area (Å²) in [5.74, 6) is 1.25. The van der Waals surface area contributed by atoms with Crippen LogP contribution in [0.1, 0.15) is 16.8 Å². The molecule has 1 N–H and O–H groups in total. The molecule has 3 rings (SSSR count). The van der Waals surface area contributed by atoms with Crippen molar-refractivity contribution >= 4 is 18.3 Å². The normalized spacial score (nSPS) is 16.9. The lowest BCUT2D eigenvalue weighted by Crippen LogP contribution is -2.38. The van der Waals surface area contributed by atoms with E-state index in [1.54, 1.807) is 18.2 Å². The topological polar surface area (TPSA) is 60.0 Å². The number of carbonyl (C=O) groups is 1. The third kappa shape index (κ3) is 4.25. The smallest absolute Gasteiger partial charge is 0.251 e. The number of nitrogens with one attached hydrogen (secondary N) is 1. The average Bonchev–Trinajstić information content (AvgIpc) is 3.00. The van der Waals surface area contributed by atoms with Crippen molar-refractivity contribution in [2.24, 2.45) is 0 Å². The first-order valence-electron chi connectivity index (χ1n) is 7.31. The lowest BCUT2D eigenvalue weighted by Gasteiger charge is -2.26. The molecule has 0 unspecified atom stereocenters. The maximum Gasteiger partial charge on any atom is 0.251 e. The monoisotopic (exact) mass is 328 g/mol. The summed E-state index contributed by atoms with van der Waals surface area (Å²) in [6.07, 6.45) is 0.941. The number of rotatable bonds is 5. The number of fused-ring (bicyclic) bond motifs is 1. The Morgan fingerprint density at radius 1 is 1.18 bits per heavy atom. The summed E-state index contributed by atoms with van der Waals surface area (Å²) in [6.45, 7) is 5.47. The zero-order chi connectivity index (χ0) is 14.5. The Morgan fingerprint density at radius 2 is 1.95 bits per heavy atom. The van der Waals surface area contributed by atoms with Crippen LogP contribution >= 0.6 is 12.4 Å². The van der Waals surface area contributed by atoms with E-state index in [9.17, 15) is 4.79 Å². The molecule has 2 aliphatic heterocycles. The lowest BCUT2D eigenvalue weighted by atomic mass is 10.2. The molecule has 1 saturated heterocycles. The van der Waals surface area contributed by atoms with Crippen molar-refractivity contribution in [2.75, 3.05) is 46.2 Å². The molecule has 0 spiro atoms. The SMILES string of the molecule is Cl.O=C(NCCCN1CCOCC1)c1ccc2c(c1)OCO2. The van der Waals surface area contributed by atoms with Gasteiger partial charge in [-0.25, -0.2) is 0 Å². The molecule has 22 heavy (non-hydrogen) atoms. The Morgan fingerprint density at radius 3 is 2.77 bits per heavy atom. The summed E-state index contributed by atoms with van der Waals surface area (Å²) in [4.78, 5) is 14.4. The molecular formula is C15H21ClN2O4. The first kappa shape index (κ1) is 16.9. The number of benzene rings is 1. The van der Waals surface area contributed by atoms with E-state index in [2.05, 4.69) is 10.2 Å². The number of nitrogens with zero attached hydrogens (tertiary/aromatic N) is 1. The van der Waals surface area contributed by atoms with E-state index in [4.69, 9.17) is 14.2 Å². The van der Waals surface area contributed by atoms with Gasteiger partial charge in [0, 0.05) is 25.2 Å². The maximum absolute atomic E-state index is 12.1. The van der Waals surface area contributed by atoms with Crippen LogP contribution in [0.25, 0.3) is 0 Å². The zero-order valence-electron chi connectivity index (χ0n) is 12.4. The van der Waals surface area contributed by atoms with E-state index in [0.29, 0.717) is 23.6 Å². The van der Waals surface area contributed by atoms with Gasteiger partial charge in [0.2, 0.25) is 6.79 Å². The molecule has 1 amide bonds. The minimum absolute atomic E-state index is 0. The van der Waals surface area contributed by atoms with Crippen LogP contribution in [-0.4, -0.2) is 57.0 Å². The van der Waals surface area contributed by atoms with Crippen LogP contribution < -0.4 is 14.8 Å². The summed E-state index contributed by atoms with van der Waals surface area (Å²) in [7, 11) is 0. The number of hydrogen-bond donors (Lipinski definition) is 1. The van der Waals surface area contributed by atoms with Gasteiger partial charge in [-0.2, -0.15) is 0 Å². The van der Waals surface area contributed by atoms with E-state index >= 15 is 0 Å². The minimum Gasteiger partial charge on any atom is -0.454 e. The van der Waals surface area contributed by atoms with Crippen LogP contribution in [0.15, 0.2) is 18.2 Å². The van der Waals surface area contributed by atoms with Gasteiger partial charge in [0.1, 0.15) is 0 Å². The predicted octanol–water partition coefficient (Wildman–Crippen LogP) is 1.29. The van der Waals surface area contributed by atoms with Gasteiger partial charge in [-0.3, -0.25) is 9.69 Å². The van der Waals surface area contributed by atoms with Crippen molar-refractivity contribution < 1.29 is 19.0 Å². The Hall–Kier alpha value is -1.50. The average molecular weight is 329 g/mol. The predicted molar refractivity (Wildman–Crippen MR) is 84.0 cm³/mol. The number of halogens is 1. The molecule has 0 bridgehead atoms. The highest BCUT2D eigenvalue weighted by Crippen LogP contribution is 2.32. The highest BCUT2D eigenvalue weighted by atomic mass is 35.5. The highest BCUT2D eigenvalue weighted by Gasteiger charge is 2.16. The van der Waals surface area contributed by atoms with Gasteiger partial charge in [0.25, 0.3) is 5.91 Å². The summed E-state index contributed by atoms with van der Waals surface area (Å²) in [5.41, 5.74) is 0.602. The fourth-order valence-corrected chi connectivity index (χ4v) is 2.47. The van der Waals surface area contributed by atoms with Crippen molar-refractivity contribution in [1.82, 2.24) is 10.2 Å². The molecule has 122 valence electrons. The lowest BCUT2D eigenvalue weighted by molar-refractivity contribution is 0.0374. The number of hydrogen-bond acceptors (Lipinski definition) is 5. The van der Waals surface area contributed by atoms with E-state index in [0.717, 1.165) is 39.3 Å². The standard InChI is InChI=1S/C15H20N2O4.ClH/c18-15(12-2-3-13-14(10-12)21-11-20-13)16-4-1-5-17-6-8-19-9-7-17;/h2-3,10H,1,4-9,11H2,(H,16,18);1H. The van der Waals surface area contributed by atoms with Crippen molar-refractivity contribution in [2.45, 2.75) is 6.42 Å². The summed E-state index contributed by atoms with van der Waals surface area (Å²) < 4.78 is 15.8. The fourth-order valence-electron chi connectivity index (χ4n) is 2.47. The second-order valence-corrected chi connectivity index (χ2v) is 5.13. The molecule has 0 saturated carbocycles. The van der Waals surface area contributed by atoms with E-state index in [1.165, 1.54) is 0 Å². The Bertz CT molecular complexity index is 506. The van der Waals surface area contributed by atoms with Gasteiger partial charge in [-0.15, -0.1) is 12.4 Å². The molecule has 0 radical (unpaired) electrons. The molecule has 7 heteroatoms. The van der Waals surface area contributed by atoms with Crippen molar-refractivity contribution in [1.29, 1.82) is 0 Å². The third-order valence-electron chi connectivity index (χ3n) is 3.68. The van der Waals surface area contributed by atoms with Gasteiger partial charge in [0.05, 0.1) is 13.2 Å². The highest BCUT2D eigenvalue weighted by molar-refractivity contribution is 5.94. The Kier molecular flexibility index (Phi) is 6.30. The third-order valence-corrected chi connectivity index (χ3v) is 3.68. The second-order valence-electron chi connectivity index (χ2n) is 5.13. The quantitative estimate of drug-likeness (QED) is 0.825. The fraction of sp³-hybridized carbons (Fsp3) is 0.533. The zero-order valence-corrected chi connectivity index (χ0v) is 13.2. The number of amides is 1. The first-order chi connectivity index (χ1) is 10.3. The van der Waals surface area contributed by atoms with Crippen LogP contribution in [0.5, 0.6) is 11.5 Å². The molecule has 0 atom stereocenters. The molecule has 0 aliphatic carbocycles. The minimum atomic E-state index is -0.0738. The number of carbonyl (C=O) groups excluding carboxylic acids is 1. The van der Waals surface area contributed by atoms with Crippen molar-refractivity contribution in [3.63, 3.8) is 0 Å². The molecule has 1 fully saturated rings. The van der Waals surface area contributed by atoms with Crippen molar-refractivity contribution in [3.05, 3.63) is 23.8 Å². The van der Waals surface area contributed by atoms with E-state index in [1.807, 2.05) is 0 Å². The Balaban J connectivity index is 0.00000176. The van der Waals surface area contributed by atoms with Gasteiger partial charge in [-0.1, -0.05) is 0 Å². The molecule has 2 aliphatic rings. The molecule has 1 aromatic rings. The van der Waals surface area contributed by atoms with Crippen LogP contribution in [0.3, 0.4) is 0 Å². The summed E-state index contributed by atoms with van der Waals surface area (Å²) in [6, 6.07) is 5.25. The second kappa shape index (κ2) is 8.22. The largest absolute Gasteiger partial charge is 0.454 e. The number of ether oxygens (including phenoxy) is 3. The molecule has 1 aromatic carbocycles. The van der Waals surface area contributed by atoms with Crippen molar-refractivity contribution in [3.8, 4) is 11.5 Å². The van der Waals surface area contributed by atoms with E-state index in [-0.39, 0.29) is 25.1 Å². The van der Waals surface area contributed by atoms with E-state index < -0.39 is 0 Å². The first-order valence-corrected chi connectivity index (χ1v) is 7.31. The van der Waals surface area contributed by atoms with Crippen LogP contribution in [-0.2, 0) is 4.74 Å². The summed E-state index contributed by atoms with van der Waals surface area (Å²) in [5, 5.41) is 2.94. The van der Waals surface area contributed by atoms with Gasteiger partial charge >= 0.3 is 0 Å². The molecular weight excluding hydrogens is 308 g/mol. The van der Waals surface area contributed by atoms with Crippen LogP contribution in [0, 0.1) is 0 Å². The van der Waals surface area contributed by atoms with Crippen LogP contribution in [0.2, 0.25) is 0 Å². The molecule has 6 nitrogen and oxygen atoms in total. The molecule has 0 aromatic heterocycles. The number of morpholine rings is 1. The van der Waals surface area contributed by atoms with Crippen LogP contribution in [0.4, 0.5) is 0 Å². The molecule has 2 heterocycles. The Labute approximate surface area is 136 Å². The summed E-state index contributed by atoms with van der Waals surface area (Å²) >= 11 is 0.